The maximum atomic E-state index is 13.9. The topological polar surface area (TPSA) is 204 Å². The van der Waals surface area contributed by atoms with E-state index >= 15 is 0 Å². The Morgan fingerprint density at radius 3 is 1.72 bits per heavy atom. The van der Waals surface area contributed by atoms with Crippen molar-refractivity contribution in [2.75, 3.05) is 6.54 Å². The number of ether oxygens (including phenoxy) is 3. The molecule has 3 aromatic rings. The van der Waals surface area contributed by atoms with Crippen molar-refractivity contribution < 1.29 is 52.6 Å². The van der Waals surface area contributed by atoms with Gasteiger partial charge in [-0.3, -0.25) is 15.4 Å². The number of alkyl carbamates (subject to hydrolysis) is 2. The standard InChI is InChI=1S/C42H57ClN4O7S.2CO2/c1-26(34(48)47(25-39(2,3)4)23-27-21-33(55-24-27)40(5,6)7)20-29-16-19-31(22-32(29)43)52-35(49)28-14-17-30(18-15-28)44-36(45-37(50)53-41(8,9)10)46-38(51)54-42(11,12)13;2*2-1-3/h14-19,21-22,24,26H,20,23,25H2,1-13H3,(H2,44,45,46,50,51);;. The Morgan fingerprint density at radius 1 is 0.787 bits per heavy atom. The van der Waals surface area contributed by atoms with E-state index in [9.17, 15) is 19.2 Å². The van der Waals surface area contributed by atoms with Crippen LogP contribution in [0.5, 0.6) is 5.75 Å². The van der Waals surface area contributed by atoms with Crippen LogP contribution in [0.4, 0.5) is 15.3 Å². The quantitative estimate of drug-likeness (QED) is 0.0898. The molecule has 0 aliphatic heterocycles. The molecular weight excluding hydrogens is 828 g/mol. The fraction of sp³-hybridized carbons (Fsp3) is 0.477. The summed E-state index contributed by atoms with van der Waals surface area (Å²) in [5.74, 6) is -0.918. The van der Waals surface area contributed by atoms with Crippen LogP contribution in [0, 0.1) is 11.3 Å². The van der Waals surface area contributed by atoms with E-state index in [1.165, 1.54) is 29.1 Å². The van der Waals surface area contributed by atoms with E-state index in [0.717, 1.165) is 11.1 Å². The summed E-state index contributed by atoms with van der Waals surface area (Å²) in [6.45, 7) is 26.2. The Kier molecular flexibility index (Phi) is 20.4. The zero-order valence-electron chi connectivity index (χ0n) is 37.1. The van der Waals surface area contributed by atoms with E-state index in [2.05, 4.69) is 68.6 Å². The molecule has 0 aliphatic carbocycles. The summed E-state index contributed by atoms with van der Waals surface area (Å²) in [5.41, 5.74) is 0.795. The number of carbonyl (C=O) groups is 4. The predicted molar refractivity (Wildman–Crippen MR) is 229 cm³/mol. The number of aliphatic imine (C=N–C) groups is 1. The van der Waals surface area contributed by atoms with Crippen molar-refractivity contribution >= 4 is 71.0 Å². The number of thiophene rings is 1. The molecule has 0 bridgehead atoms. The van der Waals surface area contributed by atoms with Crippen LogP contribution in [-0.4, -0.2) is 65.0 Å². The maximum Gasteiger partial charge on any atom is 0.414 e. The van der Waals surface area contributed by atoms with Crippen LogP contribution in [0.15, 0.2) is 58.9 Å². The van der Waals surface area contributed by atoms with Gasteiger partial charge in [-0.05, 0) is 118 Å². The highest BCUT2D eigenvalue weighted by molar-refractivity contribution is 7.10. The second-order valence-electron chi connectivity index (χ2n) is 18.0. The van der Waals surface area contributed by atoms with Crippen molar-refractivity contribution in [1.29, 1.82) is 0 Å². The number of nitrogens with one attached hydrogen (secondary N) is 2. The van der Waals surface area contributed by atoms with E-state index < -0.39 is 29.4 Å². The van der Waals surface area contributed by atoms with Gasteiger partial charge >= 0.3 is 30.5 Å². The number of benzene rings is 2. The number of nitrogens with zero attached hydrogens (tertiary/aromatic N) is 2. The van der Waals surface area contributed by atoms with Crippen LogP contribution in [0.25, 0.3) is 0 Å². The third-order valence-corrected chi connectivity index (χ3v) is 9.27. The van der Waals surface area contributed by atoms with Crippen LogP contribution >= 0.6 is 22.9 Å². The highest BCUT2D eigenvalue weighted by Gasteiger charge is 2.27. The van der Waals surface area contributed by atoms with Crippen LogP contribution < -0.4 is 15.4 Å². The molecule has 61 heavy (non-hydrogen) atoms. The molecule has 0 spiro atoms. The summed E-state index contributed by atoms with van der Waals surface area (Å²) in [6.07, 6.45) is -0.752. The molecule has 1 atom stereocenters. The van der Waals surface area contributed by atoms with Gasteiger partial charge in [-0.25, -0.2) is 19.4 Å². The SMILES string of the molecule is CC(Cc1ccc(OC(=O)c2ccc(N=C(NC(=O)OC(C)(C)C)NC(=O)OC(C)(C)C)cc2)cc1Cl)C(=O)N(Cc1csc(C(C)(C)C)c1)CC(C)(C)C.O=C=O.O=C=O. The van der Waals surface area contributed by atoms with Crippen molar-refractivity contribution in [1.82, 2.24) is 15.5 Å². The Hall–Kier alpha value is -5.66. The lowest BCUT2D eigenvalue weighted by molar-refractivity contribution is -0.193. The molecule has 2 aromatic carbocycles. The van der Waals surface area contributed by atoms with Crippen molar-refractivity contribution in [2.24, 2.45) is 16.3 Å². The summed E-state index contributed by atoms with van der Waals surface area (Å²) in [7, 11) is 0. The largest absolute Gasteiger partial charge is 0.444 e. The zero-order valence-corrected chi connectivity index (χ0v) is 38.6. The van der Waals surface area contributed by atoms with Crippen LogP contribution in [0.1, 0.15) is 116 Å². The average Bonchev–Trinajstić information content (AvgIpc) is 3.57. The molecule has 3 amide bonds. The normalized spacial score (nSPS) is 11.6. The van der Waals surface area contributed by atoms with Crippen LogP contribution in [0.3, 0.4) is 0 Å². The molecule has 332 valence electrons. The third-order valence-electron chi connectivity index (χ3n) is 7.51. The van der Waals surface area contributed by atoms with E-state index in [-0.39, 0.29) is 52.2 Å². The molecule has 17 heteroatoms. The molecule has 3 rings (SSSR count). The molecule has 1 unspecified atom stereocenters. The molecule has 0 saturated heterocycles. The number of amides is 3. The minimum atomic E-state index is -0.834. The average molecular weight is 885 g/mol. The lowest BCUT2D eigenvalue weighted by atomic mass is 9.93. The number of hydrogen-bond acceptors (Lipinski definition) is 13. The molecular formula is C44H57ClN4O11S. The van der Waals surface area contributed by atoms with E-state index in [1.54, 1.807) is 71.1 Å². The maximum absolute atomic E-state index is 13.9. The van der Waals surface area contributed by atoms with E-state index in [1.807, 2.05) is 11.8 Å². The molecule has 0 fully saturated rings. The monoisotopic (exact) mass is 884 g/mol. The fourth-order valence-electron chi connectivity index (χ4n) is 5.20. The second kappa shape index (κ2) is 23.4. The Balaban J connectivity index is 0.00000292. The highest BCUT2D eigenvalue weighted by Crippen LogP contribution is 2.31. The minimum Gasteiger partial charge on any atom is -0.444 e. The summed E-state index contributed by atoms with van der Waals surface area (Å²) in [5, 5.41) is 7.36. The summed E-state index contributed by atoms with van der Waals surface area (Å²) >= 11 is 8.40. The molecule has 15 nitrogen and oxygen atoms in total. The Labute approximate surface area is 366 Å². The van der Waals surface area contributed by atoms with Gasteiger partial charge in [-0.1, -0.05) is 66.1 Å². The van der Waals surface area contributed by atoms with Gasteiger partial charge in [0.25, 0.3) is 0 Å². The van der Waals surface area contributed by atoms with Gasteiger partial charge in [-0.2, -0.15) is 19.2 Å². The van der Waals surface area contributed by atoms with Gasteiger partial charge in [0, 0.05) is 28.9 Å². The molecule has 0 saturated carbocycles. The molecule has 1 aromatic heterocycles. The van der Waals surface area contributed by atoms with Gasteiger partial charge in [0.1, 0.15) is 17.0 Å². The molecule has 0 aliphatic rings. The number of hydrogen-bond donors (Lipinski definition) is 2. The summed E-state index contributed by atoms with van der Waals surface area (Å²) < 4.78 is 16.2. The van der Waals surface area contributed by atoms with Gasteiger partial charge in [0.15, 0.2) is 0 Å². The minimum absolute atomic E-state index is 0.0451. The zero-order chi connectivity index (χ0) is 46.9. The lowest BCUT2D eigenvalue weighted by Crippen LogP contribution is -2.47. The number of esters is 1. The lowest BCUT2D eigenvalue weighted by Gasteiger charge is -2.32. The smallest absolute Gasteiger partial charge is 0.414 e. The fourth-order valence-corrected chi connectivity index (χ4v) is 6.44. The molecule has 1 heterocycles. The molecule has 0 radical (unpaired) electrons. The van der Waals surface area contributed by atoms with Crippen LogP contribution in [-0.2, 0) is 51.8 Å². The van der Waals surface area contributed by atoms with Gasteiger partial charge < -0.3 is 19.1 Å². The first kappa shape index (κ1) is 53.4. The first-order valence-electron chi connectivity index (χ1n) is 19.1. The number of halogens is 1. The third kappa shape index (κ3) is 21.4. The first-order chi connectivity index (χ1) is 28.0. The first-order valence-corrected chi connectivity index (χ1v) is 20.3. The predicted octanol–water partition coefficient (Wildman–Crippen LogP) is 9.04. The second-order valence-corrected chi connectivity index (χ2v) is 19.3. The van der Waals surface area contributed by atoms with Crippen molar-refractivity contribution in [3.8, 4) is 5.75 Å². The Bertz CT molecular complexity index is 2010. The number of guanidine groups is 1. The van der Waals surface area contributed by atoms with Crippen molar-refractivity contribution in [2.45, 2.75) is 120 Å². The molecule has 2 N–H and O–H groups in total. The summed E-state index contributed by atoms with van der Waals surface area (Å²) in [6, 6.07) is 13.2. The van der Waals surface area contributed by atoms with Crippen LogP contribution in [0.2, 0.25) is 5.02 Å². The Morgan fingerprint density at radius 2 is 1.30 bits per heavy atom. The van der Waals surface area contributed by atoms with E-state index in [4.69, 9.17) is 45.0 Å². The summed E-state index contributed by atoms with van der Waals surface area (Å²) in [4.78, 5) is 91.8. The highest BCUT2D eigenvalue weighted by atomic mass is 35.5. The van der Waals surface area contributed by atoms with Gasteiger partial charge in [-0.15, -0.1) is 11.3 Å². The van der Waals surface area contributed by atoms with Crippen molar-refractivity contribution in [3.05, 3.63) is 80.5 Å². The van der Waals surface area contributed by atoms with Gasteiger partial charge in [0.2, 0.25) is 11.9 Å². The number of carbonyl (C=O) groups excluding carboxylic acids is 8. The van der Waals surface area contributed by atoms with Crippen molar-refractivity contribution in [3.63, 3.8) is 0 Å². The number of rotatable bonds is 9. The van der Waals surface area contributed by atoms with E-state index in [0.29, 0.717) is 30.2 Å². The van der Waals surface area contributed by atoms with Gasteiger partial charge in [0.05, 0.1) is 11.3 Å².